The Balaban J connectivity index is 1.75. The van der Waals surface area contributed by atoms with Gasteiger partial charge in [-0.3, -0.25) is 43.2 Å². The standard InChI is InChI=1S/C63H107N13O16S2/c1-45(77)41-52(69-47(3)78)59(83)67-30-33-73(62(86)90-43-53-46(2)91-63(87)92-53)32-18-13-14-22-40-93-94-56-27-26-48(42-68-56)58(82)66-29-28-54(79)65-31-37-88-38-39-89-44-55(80)70-50(24-16-20-35-75(7,8)9)60(84)72-51(25-17-21-36-76(10,11)12)61(85)71-49(57(64)81)23-15-19-34-74(4,5)6/h26-27,42,49-52H,13-25,28-41,43-44H2,1-12H3,(H6-3,64,65,66,67,69,70,71,72,78,79,80,81,82,83,84,85)/p+3/t49-,50-,51-,52-/m0/s1. The third-order valence-corrected chi connectivity index (χ3v) is 16.7. The molecule has 31 heteroatoms. The highest BCUT2D eigenvalue weighted by Crippen LogP contribution is 2.30. The molecule has 0 aliphatic rings. The molecule has 94 heavy (non-hydrogen) atoms. The average molecular weight is 1370 g/mol. The number of aryl methyl sites for hydroxylation is 1. The van der Waals surface area contributed by atoms with E-state index in [-0.39, 0.29) is 101 Å². The number of quaternary nitrogens is 3. The fraction of sp³-hybridized carbons (Fsp3) is 0.714. The highest BCUT2D eigenvalue weighted by atomic mass is 33.1. The first-order valence-corrected chi connectivity index (χ1v) is 34.7. The molecule has 0 bridgehead atoms. The van der Waals surface area contributed by atoms with E-state index in [2.05, 4.69) is 106 Å². The van der Waals surface area contributed by atoms with E-state index in [0.29, 0.717) is 62.1 Å². The molecule has 532 valence electrons. The number of primary amides is 1. The minimum absolute atomic E-state index is 0.0169. The number of ketones is 1. The summed E-state index contributed by atoms with van der Waals surface area (Å²) < 4.78 is 28.5. The lowest BCUT2D eigenvalue weighted by Crippen LogP contribution is -2.56. The summed E-state index contributed by atoms with van der Waals surface area (Å²) in [7, 11) is 21.8. The van der Waals surface area contributed by atoms with Crippen LogP contribution in [0.5, 0.6) is 0 Å². The fourth-order valence-corrected chi connectivity index (χ4v) is 11.2. The van der Waals surface area contributed by atoms with E-state index in [1.165, 1.54) is 42.7 Å². The zero-order chi connectivity index (χ0) is 70.3. The highest BCUT2D eigenvalue weighted by molar-refractivity contribution is 8.76. The Kier molecular flexibility index (Phi) is 39.9. The third kappa shape index (κ3) is 40.6. The molecule has 0 unspecified atom stereocenters. The molecule has 0 spiro atoms. The lowest BCUT2D eigenvalue weighted by atomic mass is 10.0. The first-order valence-electron chi connectivity index (χ1n) is 32.3. The van der Waals surface area contributed by atoms with Gasteiger partial charge in [-0.05, 0) is 107 Å². The van der Waals surface area contributed by atoms with Gasteiger partial charge >= 0.3 is 11.9 Å². The van der Waals surface area contributed by atoms with Crippen molar-refractivity contribution in [1.29, 1.82) is 0 Å². The van der Waals surface area contributed by atoms with Crippen molar-refractivity contribution in [1.82, 2.24) is 47.1 Å². The normalized spacial score (nSPS) is 12.9. The van der Waals surface area contributed by atoms with Crippen LogP contribution in [0.25, 0.3) is 0 Å². The molecular formula is C63H110N13O16S2+3. The van der Waals surface area contributed by atoms with Crippen LogP contribution in [0.4, 0.5) is 4.79 Å². The molecule has 9 amide bonds. The number of hydrogen-bond donors (Lipinski definition) is 8. The van der Waals surface area contributed by atoms with Crippen molar-refractivity contribution in [2.75, 3.05) is 148 Å². The van der Waals surface area contributed by atoms with E-state index in [1.807, 2.05) is 0 Å². The molecule has 0 saturated heterocycles. The molecule has 0 saturated carbocycles. The Hall–Kier alpha value is -6.64. The summed E-state index contributed by atoms with van der Waals surface area (Å²) in [5, 5.41) is 19.8. The fourth-order valence-electron chi connectivity index (χ4n) is 9.22. The average Bonchev–Trinajstić information content (AvgIpc) is 1.57. The summed E-state index contributed by atoms with van der Waals surface area (Å²) in [5.41, 5.74) is 6.08. The Morgan fingerprint density at radius 1 is 0.606 bits per heavy atom. The molecule has 29 nitrogen and oxygen atoms in total. The van der Waals surface area contributed by atoms with Gasteiger partial charge in [0.25, 0.3) is 5.91 Å². The van der Waals surface area contributed by atoms with Crippen LogP contribution in [0.15, 0.2) is 37.0 Å². The molecule has 0 aliphatic carbocycles. The van der Waals surface area contributed by atoms with Gasteiger partial charge in [-0.2, -0.15) is 0 Å². The van der Waals surface area contributed by atoms with Crippen molar-refractivity contribution >= 4 is 80.7 Å². The van der Waals surface area contributed by atoms with E-state index >= 15 is 0 Å². The minimum Gasteiger partial charge on any atom is -0.441 e. The van der Waals surface area contributed by atoms with Gasteiger partial charge in [-0.1, -0.05) is 23.6 Å². The zero-order valence-corrected chi connectivity index (χ0v) is 59.3. The number of carbonyl (C=O) groups is 10. The quantitative estimate of drug-likeness (QED) is 0.0268. The number of nitrogens with two attached hydrogens (primary N) is 1. The molecule has 0 fully saturated rings. The molecule has 0 aliphatic heterocycles. The topological polar surface area (TPSA) is 368 Å². The van der Waals surface area contributed by atoms with E-state index in [4.69, 9.17) is 28.8 Å². The van der Waals surface area contributed by atoms with E-state index < -0.39 is 71.5 Å². The van der Waals surface area contributed by atoms with E-state index in [1.54, 1.807) is 22.9 Å². The monoisotopic (exact) mass is 1370 g/mol. The molecular weight excluding hydrogens is 1260 g/mol. The number of carbonyl (C=O) groups excluding carboxylic acids is 10. The van der Waals surface area contributed by atoms with Gasteiger partial charge in [0.1, 0.15) is 41.6 Å². The number of amides is 9. The molecule has 2 heterocycles. The number of unbranched alkanes of at least 4 members (excludes halogenated alkanes) is 6. The maximum absolute atomic E-state index is 14.0. The number of Topliss-reactive ketones (excluding diaryl/α,β-unsaturated/α-hetero) is 1. The summed E-state index contributed by atoms with van der Waals surface area (Å²) in [6, 6.07) is -0.473. The van der Waals surface area contributed by atoms with Crippen LogP contribution in [0, 0.1) is 6.92 Å². The summed E-state index contributed by atoms with van der Waals surface area (Å²) in [6.07, 6.45) is 9.14. The van der Waals surface area contributed by atoms with Gasteiger partial charge in [0.05, 0.1) is 108 Å². The molecule has 9 N–H and O–H groups in total. The highest BCUT2D eigenvalue weighted by Gasteiger charge is 2.30. The Morgan fingerprint density at radius 3 is 1.74 bits per heavy atom. The zero-order valence-electron chi connectivity index (χ0n) is 57.7. The predicted octanol–water partition coefficient (Wildman–Crippen LogP) is 2.31. The SMILES string of the molecule is CC(=O)C[C@H](NC(C)=O)C(=O)NCCN(CCCCCCSSc1ccc(C(=O)NCCC(=O)NCCOCCOCC(=O)N[C@@H](CCCC[N+](C)(C)C)C(=O)N[C@@H](CCCC[N+](C)(C)C)C(=O)N[C@@H](CCCC[N+](C)(C)C)C(N)=O)cn1)C(=O)OCc1oc(=O)oc1C. The Morgan fingerprint density at radius 2 is 1.19 bits per heavy atom. The van der Waals surface area contributed by atoms with Gasteiger partial charge in [0.2, 0.25) is 41.4 Å². The van der Waals surface area contributed by atoms with Crippen LogP contribution in [0.1, 0.15) is 132 Å². The van der Waals surface area contributed by atoms with Crippen LogP contribution in [0.3, 0.4) is 0 Å². The van der Waals surface area contributed by atoms with Crippen LogP contribution in [-0.2, 0) is 59.2 Å². The first-order chi connectivity index (χ1) is 44.2. The van der Waals surface area contributed by atoms with Crippen LogP contribution < -0.4 is 48.8 Å². The van der Waals surface area contributed by atoms with Crippen molar-refractivity contribution in [3.05, 3.63) is 46.0 Å². The van der Waals surface area contributed by atoms with Gasteiger partial charge in [0.15, 0.2) is 18.1 Å². The number of rotatable bonds is 51. The molecule has 2 aromatic rings. The second-order valence-electron chi connectivity index (χ2n) is 26.3. The second-order valence-corrected chi connectivity index (χ2v) is 28.8. The maximum atomic E-state index is 14.0. The van der Waals surface area contributed by atoms with E-state index in [0.717, 1.165) is 77.4 Å². The van der Waals surface area contributed by atoms with Gasteiger partial charge in [-0.15, -0.1) is 0 Å². The summed E-state index contributed by atoms with van der Waals surface area (Å²) in [5.74, 6) is -4.04. The summed E-state index contributed by atoms with van der Waals surface area (Å²) >= 11 is 0. The summed E-state index contributed by atoms with van der Waals surface area (Å²) in [4.78, 5) is 145. The summed E-state index contributed by atoms with van der Waals surface area (Å²) in [6.45, 7) is 6.98. The van der Waals surface area contributed by atoms with Crippen LogP contribution in [-0.4, -0.2) is 255 Å². The van der Waals surface area contributed by atoms with Crippen molar-refractivity contribution in [2.45, 2.75) is 153 Å². The van der Waals surface area contributed by atoms with Gasteiger partial charge < -0.3 is 84.3 Å². The number of pyridine rings is 1. The number of nitrogens with one attached hydrogen (secondary N) is 7. The largest absolute Gasteiger partial charge is 0.519 e. The molecule has 0 aromatic carbocycles. The second kappa shape index (κ2) is 44.9. The van der Waals surface area contributed by atoms with Crippen LogP contribution >= 0.6 is 21.6 Å². The maximum Gasteiger partial charge on any atom is 0.519 e. The number of ether oxygens (including phenoxy) is 3. The van der Waals surface area contributed by atoms with Crippen LogP contribution in [0.2, 0.25) is 0 Å². The first kappa shape index (κ1) is 83.5. The Bertz CT molecular complexity index is 2710. The van der Waals surface area contributed by atoms with Gasteiger partial charge in [0, 0.05) is 64.4 Å². The number of hydrogen-bond acceptors (Lipinski definition) is 19. The molecule has 2 rings (SSSR count). The molecule has 4 atom stereocenters. The number of nitrogens with zero attached hydrogens (tertiary/aromatic N) is 5. The molecule has 0 radical (unpaired) electrons. The lowest BCUT2D eigenvalue weighted by molar-refractivity contribution is -0.870. The minimum atomic E-state index is -1.05. The smallest absolute Gasteiger partial charge is 0.441 e. The number of aromatic nitrogens is 1. The third-order valence-electron chi connectivity index (χ3n) is 14.3. The predicted molar refractivity (Wildman–Crippen MR) is 358 cm³/mol. The van der Waals surface area contributed by atoms with Crippen molar-refractivity contribution in [2.24, 2.45) is 5.73 Å². The van der Waals surface area contributed by atoms with Gasteiger partial charge in [-0.25, -0.2) is 14.6 Å². The molecule has 2 aromatic heterocycles. The van der Waals surface area contributed by atoms with Crippen molar-refractivity contribution in [3.8, 4) is 0 Å². The van der Waals surface area contributed by atoms with Crippen molar-refractivity contribution < 1.29 is 84.4 Å². The Labute approximate surface area is 562 Å². The lowest BCUT2D eigenvalue weighted by Gasteiger charge is -2.27. The van der Waals surface area contributed by atoms with E-state index in [9.17, 15) is 52.7 Å². The van der Waals surface area contributed by atoms with Crippen molar-refractivity contribution in [3.63, 3.8) is 0 Å².